The number of amides is 1. The van der Waals surface area contributed by atoms with Gasteiger partial charge in [0.15, 0.2) is 5.69 Å². The molecular weight excluding hydrogens is 329 g/mol. The van der Waals surface area contributed by atoms with Gasteiger partial charge in [-0.1, -0.05) is 6.07 Å². The number of anilines is 1. The molecule has 24 heavy (non-hydrogen) atoms. The number of nitro benzene ring substituents is 1. The minimum Gasteiger partial charge on any atom is -0.310 e. The Balaban J connectivity index is 1.84. The summed E-state index contributed by atoms with van der Waals surface area (Å²) in [7, 11) is 0. The van der Waals surface area contributed by atoms with Crippen LogP contribution in [-0.4, -0.2) is 27.2 Å². The number of carbonyl (C=O) groups excluding carboxylic acids is 1. The van der Waals surface area contributed by atoms with Gasteiger partial charge in [-0.2, -0.15) is 18.3 Å². The second-order valence-corrected chi connectivity index (χ2v) is 5.25. The lowest BCUT2D eigenvalue weighted by atomic mass is 10.2. The van der Waals surface area contributed by atoms with E-state index in [1.165, 1.54) is 29.2 Å². The average Bonchev–Trinajstić information content (AvgIpc) is 3.13. The molecule has 1 aliphatic rings. The van der Waals surface area contributed by atoms with Crippen molar-refractivity contribution in [1.82, 2.24) is 9.78 Å². The second kappa shape index (κ2) is 5.62. The number of benzene rings is 1. The van der Waals surface area contributed by atoms with E-state index in [9.17, 15) is 28.1 Å². The molecule has 1 unspecified atom stereocenters. The van der Waals surface area contributed by atoms with Crippen LogP contribution in [0.3, 0.4) is 0 Å². The number of carbonyl (C=O) groups is 1. The van der Waals surface area contributed by atoms with E-state index in [0.29, 0.717) is 5.69 Å². The molecule has 2 heterocycles. The summed E-state index contributed by atoms with van der Waals surface area (Å²) in [5.74, 6) is -0.452. The minimum atomic E-state index is -4.58. The Labute approximate surface area is 133 Å². The van der Waals surface area contributed by atoms with E-state index in [0.717, 1.165) is 16.9 Å². The van der Waals surface area contributed by atoms with Gasteiger partial charge in [0.05, 0.1) is 10.6 Å². The molecule has 0 saturated carbocycles. The molecule has 10 heteroatoms. The highest BCUT2D eigenvalue weighted by Gasteiger charge is 2.38. The van der Waals surface area contributed by atoms with Crippen LogP contribution in [0.1, 0.15) is 18.2 Å². The Bertz CT molecular complexity index is 803. The number of hydrogen-bond acceptors (Lipinski definition) is 4. The number of alkyl halides is 3. The Morgan fingerprint density at radius 2 is 2.04 bits per heavy atom. The molecule has 0 bridgehead atoms. The second-order valence-electron chi connectivity index (χ2n) is 5.25. The van der Waals surface area contributed by atoms with Crippen LogP contribution in [0.4, 0.5) is 24.5 Å². The summed E-state index contributed by atoms with van der Waals surface area (Å²) < 4.78 is 38.8. The smallest absolute Gasteiger partial charge is 0.310 e. The first-order valence-electron chi connectivity index (χ1n) is 6.95. The number of halogens is 3. The summed E-state index contributed by atoms with van der Waals surface area (Å²) >= 11 is 0. The molecule has 1 aromatic carbocycles. The van der Waals surface area contributed by atoms with E-state index in [2.05, 4.69) is 5.10 Å². The van der Waals surface area contributed by atoms with Gasteiger partial charge in [0.25, 0.3) is 11.6 Å². The summed E-state index contributed by atoms with van der Waals surface area (Å²) in [6.45, 7) is 0.242. The first kappa shape index (κ1) is 16.0. The lowest BCUT2D eigenvalue weighted by Gasteiger charge is -2.16. The first-order chi connectivity index (χ1) is 11.3. The number of nitro groups is 1. The molecule has 0 radical (unpaired) electrons. The average molecular weight is 340 g/mol. The molecule has 1 fully saturated rings. The normalized spacial score (nSPS) is 18.2. The van der Waals surface area contributed by atoms with Gasteiger partial charge in [-0.15, -0.1) is 0 Å². The van der Waals surface area contributed by atoms with Crippen molar-refractivity contribution in [3.05, 3.63) is 52.3 Å². The van der Waals surface area contributed by atoms with Crippen LogP contribution in [0.5, 0.6) is 0 Å². The van der Waals surface area contributed by atoms with Gasteiger partial charge in [-0.3, -0.25) is 19.6 Å². The molecule has 0 N–H and O–H groups in total. The molecule has 1 saturated heterocycles. The topological polar surface area (TPSA) is 81.3 Å². The van der Waals surface area contributed by atoms with E-state index in [-0.39, 0.29) is 18.7 Å². The lowest BCUT2D eigenvalue weighted by Crippen LogP contribution is -2.28. The van der Waals surface area contributed by atoms with Crippen LogP contribution in [0.2, 0.25) is 0 Å². The molecule has 126 valence electrons. The SMILES string of the molecule is O=C1C(n2ccc(C(F)(F)F)n2)CCN1c1cccc([N+](=O)[O-])c1. The van der Waals surface area contributed by atoms with Gasteiger partial charge in [0.1, 0.15) is 6.04 Å². The summed E-state index contributed by atoms with van der Waals surface area (Å²) in [4.78, 5) is 24.0. The number of aromatic nitrogens is 2. The zero-order valence-electron chi connectivity index (χ0n) is 12.1. The fourth-order valence-corrected chi connectivity index (χ4v) is 2.60. The molecule has 1 aliphatic heterocycles. The van der Waals surface area contributed by atoms with Gasteiger partial charge in [0.2, 0.25) is 0 Å². The van der Waals surface area contributed by atoms with E-state index in [1.807, 2.05) is 0 Å². The maximum atomic E-state index is 12.6. The summed E-state index contributed by atoms with van der Waals surface area (Å²) in [5, 5.41) is 14.2. The van der Waals surface area contributed by atoms with Crippen LogP contribution >= 0.6 is 0 Å². The Morgan fingerprint density at radius 3 is 2.67 bits per heavy atom. The Hall–Kier alpha value is -2.91. The summed E-state index contributed by atoms with van der Waals surface area (Å²) in [5.41, 5.74) is -0.897. The van der Waals surface area contributed by atoms with Crippen molar-refractivity contribution < 1.29 is 22.9 Å². The Kier molecular flexibility index (Phi) is 3.74. The predicted molar refractivity (Wildman–Crippen MR) is 76.3 cm³/mol. The van der Waals surface area contributed by atoms with E-state index in [1.54, 1.807) is 0 Å². The van der Waals surface area contributed by atoms with Crippen LogP contribution in [-0.2, 0) is 11.0 Å². The predicted octanol–water partition coefficient (Wildman–Crippen LogP) is 2.79. The standard InChI is InChI=1S/C14H11F3N4O3/c15-14(16,17)12-5-7-20(18-12)11-4-6-19(13(11)22)9-2-1-3-10(8-9)21(23)24/h1-3,5,7-8,11H,4,6H2. The fraction of sp³-hybridized carbons (Fsp3) is 0.286. The van der Waals surface area contributed by atoms with E-state index < -0.39 is 28.7 Å². The van der Waals surface area contributed by atoms with Gasteiger partial charge in [-0.05, 0) is 18.6 Å². The Morgan fingerprint density at radius 1 is 1.29 bits per heavy atom. The molecule has 1 amide bonds. The number of hydrogen-bond donors (Lipinski definition) is 0. The molecule has 2 aromatic rings. The van der Waals surface area contributed by atoms with Crippen LogP contribution in [0, 0.1) is 10.1 Å². The third-order valence-electron chi connectivity index (χ3n) is 3.75. The molecule has 0 aliphatic carbocycles. The van der Waals surface area contributed by atoms with Crippen molar-refractivity contribution in [2.45, 2.75) is 18.6 Å². The van der Waals surface area contributed by atoms with Crippen molar-refractivity contribution >= 4 is 17.3 Å². The van der Waals surface area contributed by atoms with Gasteiger partial charge < -0.3 is 4.90 Å². The van der Waals surface area contributed by atoms with Gasteiger partial charge in [0, 0.05) is 24.9 Å². The maximum absolute atomic E-state index is 12.6. The van der Waals surface area contributed by atoms with Crippen LogP contribution in [0.15, 0.2) is 36.5 Å². The zero-order valence-corrected chi connectivity index (χ0v) is 12.1. The summed E-state index contributed by atoms with van der Waals surface area (Å²) in [6, 6.07) is 5.49. The number of rotatable bonds is 3. The summed E-state index contributed by atoms with van der Waals surface area (Å²) in [6.07, 6.45) is -3.20. The third-order valence-corrected chi connectivity index (χ3v) is 3.75. The maximum Gasteiger partial charge on any atom is 0.435 e. The molecular formula is C14H11F3N4O3. The van der Waals surface area contributed by atoms with Crippen LogP contribution < -0.4 is 4.90 Å². The highest BCUT2D eigenvalue weighted by atomic mass is 19.4. The monoisotopic (exact) mass is 340 g/mol. The van der Waals surface area contributed by atoms with Crippen molar-refractivity contribution in [3.8, 4) is 0 Å². The van der Waals surface area contributed by atoms with Gasteiger partial charge >= 0.3 is 6.18 Å². The van der Waals surface area contributed by atoms with Crippen molar-refractivity contribution in [3.63, 3.8) is 0 Å². The highest BCUT2D eigenvalue weighted by molar-refractivity contribution is 5.98. The number of non-ortho nitro benzene ring substituents is 1. The van der Waals surface area contributed by atoms with Crippen molar-refractivity contribution in [1.29, 1.82) is 0 Å². The van der Waals surface area contributed by atoms with Crippen LogP contribution in [0.25, 0.3) is 0 Å². The van der Waals surface area contributed by atoms with E-state index >= 15 is 0 Å². The minimum absolute atomic E-state index is 0.165. The van der Waals surface area contributed by atoms with Crippen molar-refractivity contribution in [2.75, 3.05) is 11.4 Å². The molecule has 1 aromatic heterocycles. The first-order valence-corrected chi connectivity index (χ1v) is 6.95. The lowest BCUT2D eigenvalue weighted by molar-refractivity contribution is -0.384. The zero-order chi connectivity index (χ0) is 17.5. The molecule has 7 nitrogen and oxygen atoms in total. The molecule has 0 spiro atoms. The molecule has 3 rings (SSSR count). The quantitative estimate of drug-likeness (QED) is 0.635. The van der Waals surface area contributed by atoms with Gasteiger partial charge in [-0.25, -0.2) is 0 Å². The van der Waals surface area contributed by atoms with E-state index in [4.69, 9.17) is 0 Å². The number of nitrogens with zero attached hydrogens (tertiary/aromatic N) is 4. The fourth-order valence-electron chi connectivity index (χ4n) is 2.60. The highest BCUT2D eigenvalue weighted by Crippen LogP contribution is 2.32. The third kappa shape index (κ3) is 2.82. The largest absolute Gasteiger partial charge is 0.435 e. The molecule has 1 atom stereocenters. The van der Waals surface area contributed by atoms with Crippen molar-refractivity contribution in [2.24, 2.45) is 0 Å².